The minimum Gasteiger partial charge on any atom is -0.508 e. The summed E-state index contributed by atoms with van der Waals surface area (Å²) >= 11 is 0. The molecule has 0 radical (unpaired) electrons. The summed E-state index contributed by atoms with van der Waals surface area (Å²) < 4.78 is 22.3. The molecule has 0 saturated carbocycles. The molecular weight excluding hydrogens is 524 g/mol. The molecule has 3 aromatic carbocycles. The highest BCUT2D eigenvalue weighted by atomic mass is 16.6. The Kier molecular flexibility index (Phi) is 8.64. The van der Waals surface area contributed by atoms with Crippen LogP contribution in [-0.4, -0.2) is 59.5 Å². The Balaban J connectivity index is 1.19. The van der Waals surface area contributed by atoms with Crippen molar-refractivity contribution in [3.8, 4) is 23.0 Å². The number of rotatable bonds is 11. The van der Waals surface area contributed by atoms with Crippen LogP contribution < -0.4 is 4.74 Å². The van der Waals surface area contributed by atoms with E-state index in [1.165, 1.54) is 13.2 Å². The fraction of sp³-hybridized carbons (Fsp3) is 0.281. The number of carbonyl (C=O) groups excluding carboxylic acids is 2. The Morgan fingerprint density at radius 1 is 1.10 bits per heavy atom. The van der Waals surface area contributed by atoms with Gasteiger partial charge >= 0.3 is 6.09 Å². The van der Waals surface area contributed by atoms with E-state index in [2.05, 4.69) is 4.98 Å². The van der Waals surface area contributed by atoms with Crippen LogP contribution in [0.3, 0.4) is 0 Å². The van der Waals surface area contributed by atoms with Gasteiger partial charge in [0.2, 0.25) is 5.89 Å². The number of benzene rings is 3. The molecule has 1 saturated heterocycles. The Morgan fingerprint density at radius 3 is 2.54 bits per heavy atom. The maximum Gasteiger partial charge on any atom is 0.417 e. The number of aryl methyl sites for hydroxylation is 1. The summed E-state index contributed by atoms with van der Waals surface area (Å²) in [7, 11) is 1.40. The number of phenols is 1. The van der Waals surface area contributed by atoms with Gasteiger partial charge in [-0.3, -0.25) is 4.79 Å². The van der Waals surface area contributed by atoms with Crippen LogP contribution >= 0.6 is 0 Å². The van der Waals surface area contributed by atoms with E-state index in [1.54, 1.807) is 12.1 Å². The first-order valence-corrected chi connectivity index (χ1v) is 13.5. The number of phenolic OH excluding ortho intramolecular Hbond substituents is 1. The smallest absolute Gasteiger partial charge is 0.417 e. The number of imide groups is 1. The second-order valence-electron chi connectivity index (χ2n) is 9.83. The SMILES string of the molecule is CO[C@@H](Cc1ccc(OCCc2nc(-c3ccccc3)oc2C)cc1O)C(=O)N1C(=O)OC[C@@H]1Cc1ccccc1. The predicted octanol–water partition coefficient (Wildman–Crippen LogP) is 5.12. The van der Waals surface area contributed by atoms with Crippen molar-refractivity contribution in [3.05, 3.63) is 101 Å². The highest BCUT2D eigenvalue weighted by Crippen LogP contribution is 2.28. The fourth-order valence-electron chi connectivity index (χ4n) is 4.83. The van der Waals surface area contributed by atoms with Gasteiger partial charge in [-0.15, -0.1) is 0 Å². The number of amides is 2. The van der Waals surface area contributed by atoms with Crippen molar-refractivity contribution >= 4 is 12.0 Å². The molecule has 2 heterocycles. The van der Waals surface area contributed by atoms with E-state index < -0.39 is 24.1 Å². The zero-order chi connectivity index (χ0) is 28.8. The molecule has 41 heavy (non-hydrogen) atoms. The number of cyclic esters (lactones) is 1. The van der Waals surface area contributed by atoms with Crippen LogP contribution in [0.1, 0.15) is 22.6 Å². The lowest BCUT2D eigenvalue weighted by atomic mass is 10.0. The number of methoxy groups -OCH3 is 1. The van der Waals surface area contributed by atoms with Crippen molar-refractivity contribution in [2.45, 2.75) is 38.3 Å². The van der Waals surface area contributed by atoms with Crippen LogP contribution in [0, 0.1) is 6.92 Å². The Bertz CT molecular complexity index is 1490. The molecule has 2 amide bonds. The number of aromatic hydroxyl groups is 1. The molecule has 2 atom stereocenters. The van der Waals surface area contributed by atoms with Crippen molar-refractivity contribution in [1.29, 1.82) is 0 Å². The fourth-order valence-corrected chi connectivity index (χ4v) is 4.83. The number of hydrogen-bond donors (Lipinski definition) is 1. The van der Waals surface area contributed by atoms with Crippen molar-refractivity contribution in [2.75, 3.05) is 20.3 Å². The van der Waals surface area contributed by atoms with Crippen molar-refractivity contribution in [3.63, 3.8) is 0 Å². The molecule has 0 bridgehead atoms. The molecule has 4 aromatic rings. The van der Waals surface area contributed by atoms with Crippen LogP contribution in [0.4, 0.5) is 4.79 Å². The monoisotopic (exact) mass is 556 g/mol. The first-order valence-electron chi connectivity index (χ1n) is 13.5. The Labute approximate surface area is 238 Å². The van der Waals surface area contributed by atoms with E-state index in [0.29, 0.717) is 36.7 Å². The zero-order valence-electron chi connectivity index (χ0n) is 23.0. The van der Waals surface area contributed by atoms with Gasteiger partial charge in [0.1, 0.15) is 30.0 Å². The zero-order valence-corrected chi connectivity index (χ0v) is 23.0. The molecule has 9 nitrogen and oxygen atoms in total. The van der Waals surface area contributed by atoms with Crippen LogP contribution in [0.25, 0.3) is 11.5 Å². The molecule has 0 unspecified atom stereocenters. The number of ether oxygens (including phenoxy) is 3. The molecule has 9 heteroatoms. The quantitative estimate of drug-likeness (QED) is 0.271. The third-order valence-corrected chi connectivity index (χ3v) is 7.06. The van der Waals surface area contributed by atoms with Gasteiger partial charge in [0.05, 0.1) is 18.3 Å². The predicted molar refractivity (Wildman–Crippen MR) is 151 cm³/mol. The lowest BCUT2D eigenvalue weighted by Crippen LogP contribution is -2.46. The number of oxazole rings is 1. The van der Waals surface area contributed by atoms with E-state index in [-0.39, 0.29) is 18.8 Å². The van der Waals surface area contributed by atoms with E-state index >= 15 is 0 Å². The highest BCUT2D eigenvalue weighted by Gasteiger charge is 2.41. The van der Waals surface area contributed by atoms with E-state index in [4.69, 9.17) is 18.6 Å². The van der Waals surface area contributed by atoms with Crippen LogP contribution in [-0.2, 0) is 33.5 Å². The van der Waals surface area contributed by atoms with Gasteiger partial charge < -0.3 is 23.7 Å². The van der Waals surface area contributed by atoms with Gasteiger partial charge in [-0.25, -0.2) is 14.7 Å². The summed E-state index contributed by atoms with van der Waals surface area (Å²) in [4.78, 5) is 31.5. The molecule has 0 aliphatic carbocycles. The summed E-state index contributed by atoms with van der Waals surface area (Å²) in [6.07, 6.45) is -0.590. The van der Waals surface area contributed by atoms with Crippen molar-refractivity contribution in [2.24, 2.45) is 0 Å². The highest BCUT2D eigenvalue weighted by molar-refractivity contribution is 5.96. The average Bonchev–Trinajstić information content (AvgIpc) is 3.54. The van der Waals surface area contributed by atoms with Gasteiger partial charge in [0.25, 0.3) is 5.91 Å². The summed E-state index contributed by atoms with van der Waals surface area (Å²) in [5.41, 5.74) is 3.19. The topological polar surface area (TPSA) is 111 Å². The first kappa shape index (κ1) is 27.9. The van der Waals surface area contributed by atoms with Gasteiger partial charge in [0, 0.05) is 31.6 Å². The van der Waals surface area contributed by atoms with Gasteiger partial charge in [0.15, 0.2) is 0 Å². The maximum atomic E-state index is 13.3. The normalized spacial score (nSPS) is 15.5. The molecule has 212 valence electrons. The van der Waals surface area contributed by atoms with E-state index in [9.17, 15) is 14.7 Å². The molecular formula is C32H32N2O7. The molecule has 5 rings (SSSR count). The molecule has 1 aliphatic rings. The summed E-state index contributed by atoms with van der Waals surface area (Å²) in [5, 5.41) is 10.7. The van der Waals surface area contributed by atoms with Crippen LogP contribution in [0.2, 0.25) is 0 Å². The number of hydrogen-bond acceptors (Lipinski definition) is 8. The van der Waals surface area contributed by atoms with E-state index in [1.807, 2.05) is 67.6 Å². The van der Waals surface area contributed by atoms with Gasteiger partial charge in [-0.1, -0.05) is 54.6 Å². The number of nitrogens with zero attached hydrogens (tertiary/aromatic N) is 2. The molecule has 0 spiro atoms. The second-order valence-corrected chi connectivity index (χ2v) is 9.83. The first-order chi connectivity index (χ1) is 19.9. The summed E-state index contributed by atoms with van der Waals surface area (Å²) in [6, 6.07) is 23.8. The number of carbonyl (C=O) groups is 2. The lowest BCUT2D eigenvalue weighted by molar-refractivity contribution is -0.139. The average molecular weight is 557 g/mol. The van der Waals surface area contributed by atoms with E-state index in [0.717, 1.165) is 27.5 Å². The molecule has 1 aliphatic heterocycles. The van der Waals surface area contributed by atoms with Crippen LogP contribution in [0.15, 0.2) is 83.3 Å². The van der Waals surface area contributed by atoms with Gasteiger partial charge in [-0.05, 0) is 42.7 Å². The Hall–Kier alpha value is -4.63. The standard InChI is InChI=1S/C32H32N2O7/c1-21-27(33-30(41-21)23-11-7-4-8-12-23)15-16-39-26-14-13-24(28(35)19-26)18-29(38-2)31(36)34-25(20-40-32(34)37)17-22-9-5-3-6-10-22/h3-14,19,25,29,35H,15-18,20H2,1-2H3/t25-,29-/m0/s1. The Morgan fingerprint density at radius 2 is 1.83 bits per heavy atom. The van der Waals surface area contributed by atoms with Gasteiger partial charge in [-0.2, -0.15) is 0 Å². The minimum absolute atomic E-state index is 0.0360. The minimum atomic E-state index is -0.981. The van der Waals surface area contributed by atoms with Crippen molar-refractivity contribution in [1.82, 2.24) is 9.88 Å². The summed E-state index contributed by atoms with van der Waals surface area (Å²) in [5.74, 6) is 1.23. The van der Waals surface area contributed by atoms with Crippen molar-refractivity contribution < 1.29 is 33.3 Å². The largest absolute Gasteiger partial charge is 0.508 e. The van der Waals surface area contributed by atoms with Crippen LogP contribution in [0.5, 0.6) is 11.5 Å². The molecule has 1 aromatic heterocycles. The molecule has 1 N–H and O–H groups in total. The molecule has 1 fully saturated rings. The second kappa shape index (κ2) is 12.7. The maximum absolute atomic E-state index is 13.3. The number of aromatic nitrogens is 1. The third kappa shape index (κ3) is 6.58. The summed E-state index contributed by atoms with van der Waals surface area (Å²) in [6.45, 7) is 2.32. The lowest BCUT2D eigenvalue weighted by Gasteiger charge is -2.24. The third-order valence-electron chi connectivity index (χ3n) is 7.06.